The molecule has 1 aliphatic carbocycles. The van der Waals surface area contributed by atoms with E-state index in [0.29, 0.717) is 25.7 Å². The maximum Gasteiger partial charge on any atom is 0.417 e. The van der Waals surface area contributed by atoms with Crippen molar-refractivity contribution >= 4 is 30.2 Å². The van der Waals surface area contributed by atoms with Crippen molar-refractivity contribution in [3.63, 3.8) is 0 Å². The third-order valence-electron chi connectivity index (χ3n) is 8.66. The molecule has 4 rings (SSSR count). The van der Waals surface area contributed by atoms with Crippen molar-refractivity contribution < 1.29 is 45.8 Å². The molecule has 2 heterocycles. The summed E-state index contributed by atoms with van der Waals surface area (Å²) in [5.41, 5.74) is -3.61. The maximum absolute atomic E-state index is 13.6. The Bertz CT molecular complexity index is 1260. The van der Waals surface area contributed by atoms with E-state index in [2.05, 4.69) is 12.6 Å². The van der Waals surface area contributed by atoms with Crippen LogP contribution in [0.3, 0.4) is 0 Å². The molecule has 9 nitrogen and oxygen atoms in total. The number of halogens is 6. The molecule has 44 heavy (non-hydrogen) atoms. The number of alkyl halides is 6. The van der Waals surface area contributed by atoms with Crippen LogP contribution in [0.4, 0.5) is 32.0 Å². The van der Waals surface area contributed by atoms with Crippen LogP contribution in [0.15, 0.2) is 18.2 Å². The summed E-state index contributed by atoms with van der Waals surface area (Å²) in [6.45, 7) is 3.11. The van der Waals surface area contributed by atoms with Crippen LogP contribution in [0.25, 0.3) is 0 Å². The monoisotopic (exact) mass is 651 g/mol. The number of carboxylic acids is 1. The molecule has 2 aliphatic heterocycles. The molecule has 1 aromatic carbocycles. The zero-order valence-corrected chi connectivity index (χ0v) is 25.1. The van der Waals surface area contributed by atoms with Gasteiger partial charge in [0.15, 0.2) is 0 Å². The minimum atomic E-state index is -4.78. The lowest BCUT2D eigenvalue weighted by molar-refractivity contribution is -0.199. The summed E-state index contributed by atoms with van der Waals surface area (Å²) < 4.78 is 87.4. The van der Waals surface area contributed by atoms with Crippen LogP contribution < -0.4 is 4.90 Å². The molecule has 2 saturated heterocycles. The lowest BCUT2D eigenvalue weighted by Gasteiger charge is -2.42. The number of carbonyl (C=O) groups is 2. The molecular weight excluding hydrogens is 616 g/mol. The molecule has 0 aromatic heterocycles. The largest absolute Gasteiger partial charge is 0.480 e. The number of carboxylic acid groups (broad SMARTS) is 1. The summed E-state index contributed by atoms with van der Waals surface area (Å²) in [4.78, 5) is 30.1. The van der Waals surface area contributed by atoms with E-state index in [9.17, 15) is 35.9 Å². The number of anilines is 1. The van der Waals surface area contributed by atoms with Gasteiger partial charge in [-0.05, 0) is 57.7 Å². The Morgan fingerprint density at radius 3 is 2.36 bits per heavy atom. The van der Waals surface area contributed by atoms with Gasteiger partial charge in [0.2, 0.25) is 5.91 Å². The van der Waals surface area contributed by atoms with E-state index in [4.69, 9.17) is 15.1 Å². The number of nitrogens with zero attached hydrogens (tertiary/aromatic N) is 5. The maximum atomic E-state index is 13.6. The van der Waals surface area contributed by atoms with Gasteiger partial charge in [0.1, 0.15) is 11.5 Å². The van der Waals surface area contributed by atoms with Gasteiger partial charge in [-0.25, -0.2) is 0 Å². The number of benzene rings is 1. The van der Waals surface area contributed by atoms with Crippen LogP contribution in [-0.4, -0.2) is 106 Å². The number of nitriles is 1. The smallest absolute Gasteiger partial charge is 0.417 e. The fraction of sp³-hybridized carbons (Fsp3) is 0.679. The first-order chi connectivity index (χ1) is 20.4. The highest BCUT2D eigenvalue weighted by Gasteiger charge is 2.54. The molecule has 1 N–H and O–H groups in total. The van der Waals surface area contributed by atoms with Gasteiger partial charge in [0.05, 0.1) is 42.0 Å². The van der Waals surface area contributed by atoms with Crippen molar-refractivity contribution in [1.82, 2.24) is 14.7 Å². The highest BCUT2D eigenvalue weighted by molar-refractivity contribution is 7.81. The number of rotatable bonds is 8. The first-order valence-corrected chi connectivity index (χ1v) is 14.7. The van der Waals surface area contributed by atoms with E-state index >= 15 is 0 Å². The van der Waals surface area contributed by atoms with Crippen molar-refractivity contribution in [2.75, 3.05) is 44.2 Å². The van der Waals surface area contributed by atoms with E-state index in [1.165, 1.54) is 17.0 Å². The second-order valence-corrected chi connectivity index (χ2v) is 12.3. The summed E-state index contributed by atoms with van der Waals surface area (Å²) in [5, 5.41) is 18.1. The quantitative estimate of drug-likeness (QED) is 0.319. The first kappa shape index (κ1) is 34.3. The molecule has 0 spiro atoms. The zero-order valence-electron chi connectivity index (χ0n) is 24.2. The third-order valence-corrected chi connectivity index (χ3v) is 9.14. The van der Waals surface area contributed by atoms with Gasteiger partial charge in [-0.1, -0.05) is 0 Å². The van der Waals surface area contributed by atoms with Crippen LogP contribution in [0.5, 0.6) is 0 Å². The van der Waals surface area contributed by atoms with Gasteiger partial charge in [-0.3, -0.25) is 29.2 Å². The molecule has 1 aromatic rings. The van der Waals surface area contributed by atoms with Gasteiger partial charge in [0.25, 0.3) is 0 Å². The fourth-order valence-electron chi connectivity index (χ4n) is 6.43. The normalized spacial score (nSPS) is 27.5. The number of piperazine rings is 1. The van der Waals surface area contributed by atoms with Crippen LogP contribution in [0, 0.1) is 11.3 Å². The van der Waals surface area contributed by atoms with Gasteiger partial charge in [-0.15, -0.1) is 12.6 Å². The fourth-order valence-corrected chi connectivity index (χ4v) is 7.14. The van der Waals surface area contributed by atoms with E-state index in [-0.39, 0.29) is 50.6 Å². The minimum absolute atomic E-state index is 0.00882. The van der Waals surface area contributed by atoms with Crippen molar-refractivity contribution in [1.29, 1.82) is 5.26 Å². The molecular formula is C28H35F6N5O4S. The van der Waals surface area contributed by atoms with Crippen molar-refractivity contribution in [2.45, 2.75) is 81.1 Å². The Hall–Kier alpha value is -2.58. The van der Waals surface area contributed by atoms with Crippen molar-refractivity contribution in [3.05, 3.63) is 29.3 Å². The third kappa shape index (κ3) is 7.28. The number of ether oxygens (including phenoxy) is 1. The molecule has 16 heteroatoms. The number of thiol groups is 1. The molecule has 1 saturated carbocycles. The van der Waals surface area contributed by atoms with E-state index in [1.54, 1.807) is 18.7 Å². The zero-order chi connectivity index (χ0) is 32.6. The number of carbonyl (C=O) groups excluding carboxylic acids is 1. The molecule has 3 aliphatic rings. The summed E-state index contributed by atoms with van der Waals surface area (Å²) in [6, 6.07) is 2.69. The predicted molar refractivity (Wildman–Crippen MR) is 150 cm³/mol. The second-order valence-electron chi connectivity index (χ2n) is 11.9. The highest BCUT2D eigenvalue weighted by Crippen LogP contribution is 2.43. The van der Waals surface area contributed by atoms with Crippen molar-refractivity contribution in [2.24, 2.45) is 0 Å². The predicted octanol–water partition coefficient (Wildman–Crippen LogP) is 4.18. The van der Waals surface area contributed by atoms with Crippen LogP contribution >= 0.6 is 12.6 Å². The molecule has 3 fully saturated rings. The Morgan fingerprint density at radius 1 is 1.14 bits per heavy atom. The van der Waals surface area contributed by atoms with Gasteiger partial charge in [-0.2, -0.15) is 31.6 Å². The van der Waals surface area contributed by atoms with Crippen molar-refractivity contribution in [3.8, 4) is 6.07 Å². The Kier molecular flexibility index (Phi) is 10.2. The minimum Gasteiger partial charge on any atom is -0.480 e. The van der Waals surface area contributed by atoms with E-state index in [1.807, 2.05) is 4.90 Å². The first-order valence-electron chi connectivity index (χ1n) is 14.2. The standard InChI is InChI=1S/C28H35F6N5O4S/c1-26(2)24(42)38(19-4-3-17(14-35)21(13-19)27(29,30)31)25(44)39(26)18-5-7-20(8-6-18)43-12-11-36-9-10-37(16-23(40)41)22(15-36)28(32,33)34/h3-4,13,18,20,22,25,44H,5-12,15-16H2,1-2H3,(H,40,41)/t18?,20?,22-,25+/m1/s1. The Morgan fingerprint density at radius 2 is 1.80 bits per heavy atom. The summed E-state index contributed by atoms with van der Waals surface area (Å²) in [6.07, 6.45) is -7.05. The van der Waals surface area contributed by atoms with Gasteiger partial charge >= 0.3 is 18.3 Å². The average molecular weight is 652 g/mol. The number of amides is 1. The number of aliphatic carboxylic acids is 1. The summed E-state index contributed by atoms with van der Waals surface area (Å²) in [5.74, 6) is -1.73. The van der Waals surface area contributed by atoms with Crippen LogP contribution in [0.2, 0.25) is 0 Å². The SMILES string of the molecule is CC1(C)C(=O)N(c2ccc(C#N)c(C(F)(F)F)c2)[C@H](S)N1C1CCC(OCCN2CCN(CC(=O)O)[C@@H](C(F)(F)F)C2)CC1. The van der Waals surface area contributed by atoms with Crippen LogP contribution in [-0.2, 0) is 20.5 Å². The Labute approximate surface area is 256 Å². The topological polar surface area (TPSA) is 100 Å². The molecule has 244 valence electrons. The van der Waals surface area contributed by atoms with Gasteiger partial charge in [0, 0.05) is 37.9 Å². The second kappa shape index (κ2) is 13.0. The molecule has 0 radical (unpaired) electrons. The Balaban J connectivity index is 1.33. The summed E-state index contributed by atoms with van der Waals surface area (Å²) >= 11 is 4.65. The van der Waals surface area contributed by atoms with Gasteiger partial charge < -0.3 is 9.84 Å². The molecule has 1 amide bonds. The van der Waals surface area contributed by atoms with Crippen LogP contribution in [0.1, 0.15) is 50.7 Å². The van der Waals surface area contributed by atoms with E-state index < -0.39 is 59.0 Å². The molecule has 0 unspecified atom stereocenters. The number of hydrogen-bond donors (Lipinski definition) is 2. The highest BCUT2D eigenvalue weighted by atomic mass is 32.1. The lowest BCUT2D eigenvalue weighted by atomic mass is 9.89. The van der Waals surface area contributed by atoms with E-state index in [0.717, 1.165) is 17.0 Å². The average Bonchev–Trinajstić information content (AvgIpc) is 3.11. The molecule has 2 atom stereocenters. The molecule has 0 bridgehead atoms. The summed E-state index contributed by atoms with van der Waals surface area (Å²) in [7, 11) is 0. The lowest BCUT2D eigenvalue weighted by Crippen LogP contribution is -2.60. The number of hydrogen-bond acceptors (Lipinski definition) is 8.